The highest BCUT2D eigenvalue weighted by Gasteiger charge is 2.18. The van der Waals surface area contributed by atoms with E-state index in [1.165, 1.54) is 18.2 Å². The van der Waals surface area contributed by atoms with Crippen LogP contribution in [0.2, 0.25) is 0 Å². The topological polar surface area (TPSA) is 87.7 Å². The summed E-state index contributed by atoms with van der Waals surface area (Å²) in [6.45, 7) is 1.69. The molecule has 88 valence electrons. The van der Waals surface area contributed by atoms with E-state index in [-0.39, 0.29) is 28.9 Å². The summed E-state index contributed by atoms with van der Waals surface area (Å²) in [5, 5.41) is 18.7. The lowest BCUT2D eigenvalue weighted by molar-refractivity contribution is 0.0697. The van der Waals surface area contributed by atoms with Crippen molar-refractivity contribution in [1.82, 2.24) is 0 Å². The number of hydrogen-bond acceptors (Lipinski definition) is 4. The van der Waals surface area contributed by atoms with Crippen LogP contribution >= 0.6 is 0 Å². The molecule has 1 aromatic carbocycles. The Balaban J connectivity index is 2.98. The van der Waals surface area contributed by atoms with Gasteiger partial charge < -0.3 is 14.6 Å². The van der Waals surface area contributed by atoms with E-state index in [2.05, 4.69) is 0 Å². The van der Waals surface area contributed by atoms with Crippen LogP contribution in [0.1, 0.15) is 22.8 Å². The van der Waals surface area contributed by atoms with Gasteiger partial charge >= 0.3 is 11.6 Å². The maximum Gasteiger partial charge on any atom is 0.340 e. The van der Waals surface area contributed by atoms with Crippen molar-refractivity contribution in [3.8, 4) is 5.75 Å². The summed E-state index contributed by atoms with van der Waals surface area (Å²) in [4.78, 5) is 22.8. The SMILES string of the molecule is CCc1c(C(=O)O)c2ccc(O)cc2oc1=O. The number of rotatable bonds is 2. The molecule has 0 saturated heterocycles. The quantitative estimate of drug-likeness (QED) is 0.773. The normalized spacial score (nSPS) is 10.6. The first-order valence-electron chi connectivity index (χ1n) is 5.06. The van der Waals surface area contributed by atoms with Crippen molar-refractivity contribution in [1.29, 1.82) is 0 Å². The van der Waals surface area contributed by atoms with Gasteiger partial charge in [0.15, 0.2) is 0 Å². The lowest BCUT2D eigenvalue weighted by Crippen LogP contribution is -2.14. The average Bonchev–Trinajstić information content (AvgIpc) is 2.26. The number of aromatic hydroxyl groups is 1. The molecule has 0 bridgehead atoms. The van der Waals surface area contributed by atoms with Crippen molar-refractivity contribution < 1.29 is 19.4 Å². The van der Waals surface area contributed by atoms with Crippen molar-refractivity contribution in [2.75, 3.05) is 0 Å². The van der Waals surface area contributed by atoms with Crippen LogP contribution in [0.3, 0.4) is 0 Å². The van der Waals surface area contributed by atoms with Gasteiger partial charge in [-0.15, -0.1) is 0 Å². The van der Waals surface area contributed by atoms with Gasteiger partial charge in [0, 0.05) is 11.5 Å². The van der Waals surface area contributed by atoms with E-state index in [1.807, 2.05) is 0 Å². The van der Waals surface area contributed by atoms with Crippen molar-refractivity contribution in [3.05, 3.63) is 39.7 Å². The number of carboxylic acids is 1. The van der Waals surface area contributed by atoms with Gasteiger partial charge in [-0.25, -0.2) is 9.59 Å². The molecule has 0 amide bonds. The van der Waals surface area contributed by atoms with Crippen molar-refractivity contribution in [2.24, 2.45) is 0 Å². The fourth-order valence-corrected chi connectivity index (χ4v) is 1.79. The third-order valence-corrected chi connectivity index (χ3v) is 2.55. The van der Waals surface area contributed by atoms with E-state index < -0.39 is 11.6 Å². The molecule has 1 heterocycles. The highest BCUT2D eigenvalue weighted by Crippen LogP contribution is 2.24. The van der Waals surface area contributed by atoms with Gasteiger partial charge in [-0.3, -0.25) is 0 Å². The Bertz CT molecular complexity index is 654. The van der Waals surface area contributed by atoms with Crippen molar-refractivity contribution in [2.45, 2.75) is 13.3 Å². The third-order valence-electron chi connectivity index (χ3n) is 2.55. The fourth-order valence-electron chi connectivity index (χ4n) is 1.79. The summed E-state index contributed by atoms with van der Waals surface area (Å²) >= 11 is 0. The number of fused-ring (bicyclic) bond motifs is 1. The summed E-state index contributed by atoms with van der Waals surface area (Å²) in [6.07, 6.45) is 0.279. The van der Waals surface area contributed by atoms with E-state index in [4.69, 9.17) is 9.52 Å². The standard InChI is InChI=1S/C12H10O5/c1-2-7-10(11(14)15)8-4-3-6(13)5-9(8)17-12(7)16/h3-5,13H,2H2,1H3,(H,14,15). The minimum atomic E-state index is -1.18. The highest BCUT2D eigenvalue weighted by atomic mass is 16.4. The lowest BCUT2D eigenvalue weighted by Gasteiger charge is -2.06. The predicted octanol–water partition coefficient (Wildman–Crippen LogP) is 1.76. The van der Waals surface area contributed by atoms with Gasteiger partial charge in [0.1, 0.15) is 11.3 Å². The predicted molar refractivity (Wildman–Crippen MR) is 60.5 cm³/mol. The van der Waals surface area contributed by atoms with Gasteiger partial charge in [-0.2, -0.15) is 0 Å². The first-order chi connectivity index (χ1) is 8.04. The molecule has 0 radical (unpaired) electrons. The van der Waals surface area contributed by atoms with E-state index in [1.54, 1.807) is 6.92 Å². The van der Waals surface area contributed by atoms with Gasteiger partial charge in [0.05, 0.1) is 11.1 Å². The summed E-state index contributed by atoms with van der Waals surface area (Å²) in [7, 11) is 0. The number of benzene rings is 1. The van der Waals surface area contributed by atoms with Crippen LogP contribution in [0, 0.1) is 0 Å². The van der Waals surface area contributed by atoms with Gasteiger partial charge in [0.2, 0.25) is 0 Å². The Morgan fingerprint density at radius 2 is 2.12 bits per heavy atom. The molecule has 2 rings (SSSR count). The smallest absolute Gasteiger partial charge is 0.340 e. The zero-order chi connectivity index (χ0) is 12.6. The van der Waals surface area contributed by atoms with E-state index in [9.17, 15) is 14.7 Å². The number of carboxylic acid groups (broad SMARTS) is 1. The molecule has 0 spiro atoms. The van der Waals surface area contributed by atoms with E-state index in [0.29, 0.717) is 5.39 Å². The molecular weight excluding hydrogens is 224 g/mol. The second-order valence-electron chi connectivity index (χ2n) is 3.58. The Labute approximate surface area is 95.9 Å². The summed E-state index contributed by atoms with van der Waals surface area (Å²) in [5.74, 6) is -1.26. The summed E-state index contributed by atoms with van der Waals surface area (Å²) in [5.41, 5.74) is -0.526. The number of hydrogen-bond donors (Lipinski definition) is 2. The van der Waals surface area contributed by atoms with Gasteiger partial charge in [0.25, 0.3) is 0 Å². The summed E-state index contributed by atoms with van der Waals surface area (Å²) < 4.78 is 4.98. The highest BCUT2D eigenvalue weighted by molar-refractivity contribution is 6.03. The molecule has 0 aliphatic heterocycles. The molecule has 0 aliphatic rings. The minimum absolute atomic E-state index is 0.0567. The molecule has 2 N–H and O–H groups in total. The molecule has 0 atom stereocenters. The number of carbonyl (C=O) groups is 1. The van der Waals surface area contributed by atoms with Crippen LogP contribution in [0.25, 0.3) is 11.0 Å². The number of aromatic carboxylic acids is 1. The molecule has 0 unspecified atom stereocenters. The lowest BCUT2D eigenvalue weighted by atomic mass is 10.0. The zero-order valence-electron chi connectivity index (χ0n) is 9.06. The monoisotopic (exact) mass is 234 g/mol. The van der Waals surface area contributed by atoms with E-state index >= 15 is 0 Å². The Hall–Kier alpha value is -2.30. The van der Waals surface area contributed by atoms with Crippen LogP contribution in [0.5, 0.6) is 5.75 Å². The number of phenolic OH excluding ortho intramolecular Hbond substituents is 1. The van der Waals surface area contributed by atoms with Crippen LogP contribution in [0.15, 0.2) is 27.4 Å². The molecule has 0 saturated carbocycles. The molecule has 1 aromatic heterocycles. The minimum Gasteiger partial charge on any atom is -0.508 e. The largest absolute Gasteiger partial charge is 0.508 e. The van der Waals surface area contributed by atoms with Crippen LogP contribution in [-0.4, -0.2) is 16.2 Å². The second-order valence-corrected chi connectivity index (χ2v) is 3.58. The van der Waals surface area contributed by atoms with Gasteiger partial charge in [-0.05, 0) is 18.6 Å². The molecule has 5 heteroatoms. The Kier molecular flexibility index (Phi) is 2.59. The molecular formula is C12H10O5. The first kappa shape index (κ1) is 11.2. The fraction of sp³-hybridized carbons (Fsp3) is 0.167. The Morgan fingerprint density at radius 3 is 2.71 bits per heavy atom. The third kappa shape index (κ3) is 1.75. The van der Waals surface area contributed by atoms with Crippen LogP contribution in [-0.2, 0) is 6.42 Å². The van der Waals surface area contributed by atoms with Crippen LogP contribution < -0.4 is 5.63 Å². The van der Waals surface area contributed by atoms with Crippen LogP contribution in [0.4, 0.5) is 0 Å². The van der Waals surface area contributed by atoms with Gasteiger partial charge in [-0.1, -0.05) is 6.92 Å². The molecule has 17 heavy (non-hydrogen) atoms. The van der Waals surface area contributed by atoms with E-state index in [0.717, 1.165) is 0 Å². The zero-order valence-corrected chi connectivity index (χ0v) is 9.06. The van der Waals surface area contributed by atoms with Crippen molar-refractivity contribution >= 4 is 16.9 Å². The molecule has 5 nitrogen and oxygen atoms in total. The molecule has 2 aromatic rings. The number of phenols is 1. The average molecular weight is 234 g/mol. The Morgan fingerprint density at radius 1 is 1.41 bits per heavy atom. The molecule has 0 aliphatic carbocycles. The van der Waals surface area contributed by atoms with Crippen molar-refractivity contribution in [3.63, 3.8) is 0 Å². The maximum absolute atomic E-state index is 11.6. The first-order valence-corrected chi connectivity index (χ1v) is 5.06. The molecule has 0 fully saturated rings. The summed E-state index contributed by atoms with van der Waals surface area (Å²) in [6, 6.07) is 4.01. The maximum atomic E-state index is 11.6. The second kappa shape index (κ2) is 3.93.